The number of aliphatic hydroxyl groups is 1. The summed E-state index contributed by atoms with van der Waals surface area (Å²) < 4.78 is 1.71. The summed E-state index contributed by atoms with van der Waals surface area (Å²) in [6, 6.07) is 2.03. The topological polar surface area (TPSA) is 54.2 Å². The van der Waals surface area contributed by atoms with E-state index in [9.17, 15) is 5.11 Å². The lowest BCUT2D eigenvalue weighted by Crippen LogP contribution is -2.44. The van der Waals surface area contributed by atoms with Crippen molar-refractivity contribution in [3.05, 3.63) is 34.0 Å². The molecule has 0 spiro atoms. The molecule has 0 bridgehead atoms. The number of likely N-dealkylation sites (tertiary alicyclic amines) is 1. The lowest BCUT2D eigenvalue weighted by Gasteiger charge is -2.39. The highest BCUT2D eigenvalue weighted by Gasteiger charge is 2.46. The highest BCUT2D eigenvalue weighted by molar-refractivity contribution is 7.11. The maximum atomic E-state index is 11.7. The van der Waals surface area contributed by atoms with Crippen LogP contribution in [-0.4, -0.2) is 44.9 Å². The van der Waals surface area contributed by atoms with Gasteiger partial charge in [-0.1, -0.05) is 0 Å². The van der Waals surface area contributed by atoms with Crippen molar-refractivity contribution >= 4 is 23.6 Å². The second-order valence-electron chi connectivity index (χ2n) is 5.89. The van der Waals surface area contributed by atoms with Crippen LogP contribution in [0.3, 0.4) is 0 Å². The molecule has 0 aromatic carbocycles. The smallest absolute Gasteiger partial charge is 0.168 e. The van der Waals surface area contributed by atoms with E-state index in [-0.39, 0.29) is 5.92 Å². The van der Waals surface area contributed by atoms with Crippen LogP contribution in [0.15, 0.2) is 17.8 Å². The van der Waals surface area contributed by atoms with Crippen molar-refractivity contribution in [2.24, 2.45) is 5.92 Å². The van der Waals surface area contributed by atoms with Crippen LogP contribution < -0.4 is 0 Å². The third kappa shape index (κ3) is 1.90. The summed E-state index contributed by atoms with van der Waals surface area (Å²) >= 11 is 1.65. The number of nitrogens with zero attached hydrogens (tertiary/aromatic N) is 4. The maximum absolute atomic E-state index is 11.7. The van der Waals surface area contributed by atoms with E-state index in [2.05, 4.69) is 22.0 Å². The van der Waals surface area contributed by atoms with Crippen molar-refractivity contribution in [3.63, 3.8) is 0 Å². The summed E-state index contributed by atoms with van der Waals surface area (Å²) in [5.41, 5.74) is -0.0681. The van der Waals surface area contributed by atoms with E-state index in [1.54, 1.807) is 16.0 Å². The molecule has 1 saturated heterocycles. The van der Waals surface area contributed by atoms with Crippen molar-refractivity contribution < 1.29 is 5.11 Å². The first kappa shape index (κ1) is 13.2. The molecule has 110 valence electrons. The Bertz CT molecular complexity index is 637. The van der Waals surface area contributed by atoms with Crippen LogP contribution in [0.2, 0.25) is 0 Å². The average Bonchev–Trinajstić information content (AvgIpc) is 3.13. The Morgan fingerprint density at radius 2 is 2.19 bits per heavy atom. The van der Waals surface area contributed by atoms with Crippen LogP contribution in [-0.2, 0) is 5.60 Å². The first-order valence-electron chi connectivity index (χ1n) is 7.26. The first-order chi connectivity index (χ1) is 10.2. The minimum absolute atomic E-state index is 0.171. The molecule has 4 rings (SSSR count). The number of hydrogen-bond acceptors (Lipinski definition) is 5. The van der Waals surface area contributed by atoms with Gasteiger partial charge in [0.15, 0.2) is 11.4 Å². The van der Waals surface area contributed by atoms with E-state index < -0.39 is 5.60 Å². The monoisotopic (exact) mass is 302 g/mol. The number of piperidine rings is 1. The van der Waals surface area contributed by atoms with Crippen LogP contribution >= 0.6 is 11.3 Å². The molecule has 1 unspecified atom stereocenters. The number of rotatable bonds is 1. The van der Waals surface area contributed by atoms with E-state index in [0.717, 1.165) is 36.4 Å². The van der Waals surface area contributed by atoms with Crippen molar-refractivity contribution in [1.82, 2.24) is 19.7 Å². The van der Waals surface area contributed by atoms with E-state index in [4.69, 9.17) is 0 Å². The molecule has 4 heterocycles. The van der Waals surface area contributed by atoms with Gasteiger partial charge in [-0.2, -0.15) is 5.10 Å². The SMILES string of the molecule is CN1CCC(C2(O)c3ccsc3C=Cn3ncnc32)CC1. The fourth-order valence-electron chi connectivity index (χ4n) is 3.48. The van der Waals surface area contributed by atoms with E-state index in [1.807, 2.05) is 23.7 Å². The molecule has 2 aliphatic heterocycles. The van der Waals surface area contributed by atoms with Gasteiger partial charge in [-0.3, -0.25) is 0 Å². The highest BCUT2D eigenvalue weighted by Crippen LogP contribution is 2.45. The van der Waals surface area contributed by atoms with Crippen LogP contribution in [0.1, 0.15) is 29.1 Å². The minimum atomic E-state index is -1.05. The van der Waals surface area contributed by atoms with Gasteiger partial charge < -0.3 is 10.0 Å². The molecular weight excluding hydrogens is 284 g/mol. The van der Waals surface area contributed by atoms with Gasteiger partial charge in [-0.05, 0) is 50.5 Å². The molecule has 1 atom stereocenters. The van der Waals surface area contributed by atoms with Crippen LogP contribution in [0.25, 0.3) is 12.3 Å². The number of hydrogen-bond donors (Lipinski definition) is 1. The average molecular weight is 302 g/mol. The fraction of sp³-hybridized carbons (Fsp3) is 0.467. The predicted octanol–water partition coefficient (Wildman–Crippen LogP) is 1.86. The molecule has 21 heavy (non-hydrogen) atoms. The Labute approximate surface area is 127 Å². The molecule has 0 amide bonds. The quantitative estimate of drug-likeness (QED) is 0.873. The molecule has 2 aromatic rings. The highest BCUT2D eigenvalue weighted by atomic mass is 32.1. The van der Waals surface area contributed by atoms with Gasteiger partial charge in [0.25, 0.3) is 0 Å². The van der Waals surface area contributed by atoms with Gasteiger partial charge in [-0.15, -0.1) is 11.3 Å². The number of thiophene rings is 1. The summed E-state index contributed by atoms with van der Waals surface area (Å²) in [6.45, 7) is 2.02. The standard InChI is InChI=1S/C15H18N4OS/c1-18-6-2-11(3-7-18)15(20)12-5-9-21-13(12)4-8-19-14(15)16-10-17-19/h4-5,8-11,20H,2-3,6-7H2,1H3. The van der Waals surface area contributed by atoms with E-state index in [1.165, 1.54) is 6.33 Å². The Morgan fingerprint density at radius 1 is 1.38 bits per heavy atom. The third-order valence-corrected chi connectivity index (χ3v) is 5.58. The zero-order valence-corrected chi connectivity index (χ0v) is 12.8. The molecule has 0 saturated carbocycles. The van der Waals surface area contributed by atoms with Crippen molar-refractivity contribution in [2.45, 2.75) is 18.4 Å². The van der Waals surface area contributed by atoms with Crippen molar-refractivity contribution in [1.29, 1.82) is 0 Å². The Hall–Kier alpha value is -1.50. The molecule has 0 radical (unpaired) electrons. The van der Waals surface area contributed by atoms with Crippen LogP contribution in [0.4, 0.5) is 0 Å². The van der Waals surface area contributed by atoms with E-state index >= 15 is 0 Å². The van der Waals surface area contributed by atoms with Crippen LogP contribution in [0, 0.1) is 5.92 Å². The number of fused-ring (bicyclic) bond motifs is 2. The fourth-order valence-corrected chi connectivity index (χ4v) is 4.33. The van der Waals surface area contributed by atoms with Gasteiger partial charge in [0, 0.05) is 22.6 Å². The van der Waals surface area contributed by atoms with Gasteiger partial charge in [0.05, 0.1) is 0 Å². The van der Waals surface area contributed by atoms with Crippen molar-refractivity contribution in [2.75, 3.05) is 20.1 Å². The summed E-state index contributed by atoms with van der Waals surface area (Å²) in [4.78, 5) is 7.80. The molecule has 2 aromatic heterocycles. The summed E-state index contributed by atoms with van der Waals surface area (Å²) in [5.74, 6) is 0.815. The summed E-state index contributed by atoms with van der Waals surface area (Å²) in [7, 11) is 2.13. The predicted molar refractivity (Wildman–Crippen MR) is 82.8 cm³/mol. The molecule has 1 fully saturated rings. The second kappa shape index (κ2) is 4.76. The maximum Gasteiger partial charge on any atom is 0.168 e. The van der Waals surface area contributed by atoms with Gasteiger partial charge in [0.2, 0.25) is 0 Å². The zero-order valence-electron chi connectivity index (χ0n) is 11.9. The molecule has 1 N–H and O–H groups in total. The lowest BCUT2D eigenvalue weighted by molar-refractivity contribution is -0.0187. The Balaban J connectivity index is 1.86. The lowest BCUT2D eigenvalue weighted by atomic mass is 9.75. The number of aromatic nitrogens is 3. The second-order valence-corrected chi connectivity index (χ2v) is 6.83. The summed E-state index contributed by atoms with van der Waals surface area (Å²) in [6.07, 6.45) is 7.37. The molecular formula is C15H18N4OS. The third-order valence-electron chi connectivity index (χ3n) is 4.70. The molecule has 6 heteroatoms. The molecule has 0 aliphatic carbocycles. The zero-order chi connectivity index (χ0) is 14.4. The van der Waals surface area contributed by atoms with Gasteiger partial charge >= 0.3 is 0 Å². The van der Waals surface area contributed by atoms with E-state index in [0.29, 0.717) is 5.82 Å². The molecule has 5 nitrogen and oxygen atoms in total. The van der Waals surface area contributed by atoms with Gasteiger partial charge in [-0.25, -0.2) is 9.67 Å². The van der Waals surface area contributed by atoms with Gasteiger partial charge in [0.1, 0.15) is 6.33 Å². The first-order valence-corrected chi connectivity index (χ1v) is 8.14. The molecule has 2 aliphatic rings. The van der Waals surface area contributed by atoms with Crippen LogP contribution in [0.5, 0.6) is 0 Å². The normalized spacial score (nSPS) is 26.4. The van der Waals surface area contributed by atoms with Crippen molar-refractivity contribution in [3.8, 4) is 0 Å². The largest absolute Gasteiger partial charge is 0.377 e. The minimum Gasteiger partial charge on any atom is -0.377 e. The summed E-state index contributed by atoms with van der Waals surface area (Å²) in [5, 5.41) is 17.9. The Kier molecular flexibility index (Phi) is 2.99. The Morgan fingerprint density at radius 3 is 3.00 bits per heavy atom.